The fourth-order valence-electron chi connectivity index (χ4n) is 1.72. The molecule has 0 spiro atoms. The standard InChI is InChI=1S/C13H17FN2O2/c1-18-8-10-6-9(2-3-11(10)14)7-16-12(17)13(15)4-5-13/h2-3,6H,4-5,7-8,15H2,1H3,(H,16,17). The van der Waals surface area contributed by atoms with E-state index < -0.39 is 5.54 Å². The van der Waals surface area contributed by atoms with Crippen molar-refractivity contribution in [3.8, 4) is 0 Å². The van der Waals surface area contributed by atoms with Crippen molar-refractivity contribution in [3.63, 3.8) is 0 Å². The van der Waals surface area contributed by atoms with Crippen LogP contribution in [0.1, 0.15) is 24.0 Å². The van der Waals surface area contributed by atoms with E-state index in [-0.39, 0.29) is 18.3 Å². The number of carbonyl (C=O) groups is 1. The molecule has 1 fully saturated rings. The van der Waals surface area contributed by atoms with Crippen LogP contribution in [0.3, 0.4) is 0 Å². The Morgan fingerprint density at radius 1 is 1.56 bits per heavy atom. The van der Waals surface area contributed by atoms with Gasteiger partial charge in [0.25, 0.3) is 0 Å². The maximum Gasteiger partial charge on any atom is 0.240 e. The molecule has 0 atom stereocenters. The van der Waals surface area contributed by atoms with Gasteiger partial charge in [-0.25, -0.2) is 4.39 Å². The zero-order valence-electron chi connectivity index (χ0n) is 10.3. The number of nitrogens with two attached hydrogens (primary N) is 1. The van der Waals surface area contributed by atoms with Crippen LogP contribution in [0.4, 0.5) is 4.39 Å². The fourth-order valence-corrected chi connectivity index (χ4v) is 1.72. The van der Waals surface area contributed by atoms with Gasteiger partial charge in [0.05, 0.1) is 12.1 Å². The molecule has 0 radical (unpaired) electrons. The Bertz CT molecular complexity index is 458. The second kappa shape index (κ2) is 5.04. The quantitative estimate of drug-likeness (QED) is 0.824. The summed E-state index contributed by atoms with van der Waals surface area (Å²) in [4.78, 5) is 11.6. The van der Waals surface area contributed by atoms with Gasteiger partial charge in [-0.15, -0.1) is 0 Å². The minimum absolute atomic E-state index is 0.139. The third-order valence-electron chi connectivity index (χ3n) is 3.10. The summed E-state index contributed by atoms with van der Waals surface area (Å²) in [7, 11) is 1.51. The first-order valence-corrected chi connectivity index (χ1v) is 5.88. The van der Waals surface area contributed by atoms with Crippen LogP contribution in [0.5, 0.6) is 0 Å². The van der Waals surface area contributed by atoms with Crippen LogP contribution in [-0.4, -0.2) is 18.6 Å². The van der Waals surface area contributed by atoms with E-state index in [1.807, 2.05) is 0 Å². The van der Waals surface area contributed by atoms with Gasteiger partial charge in [0.1, 0.15) is 5.82 Å². The molecule has 0 saturated heterocycles. The van der Waals surface area contributed by atoms with E-state index >= 15 is 0 Å². The number of rotatable bonds is 5. The Balaban J connectivity index is 1.96. The maximum atomic E-state index is 13.4. The number of hydrogen-bond donors (Lipinski definition) is 2. The smallest absolute Gasteiger partial charge is 0.240 e. The highest BCUT2D eigenvalue weighted by molar-refractivity contribution is 5.88. The summed E-state index contributed by atoms with van der Waals surface area (Å²) < 4.78 is 18.3. The molecule has 1 amide bonds. The van der Waals surface area contributed by atoms with E-state index in [0.717, 1.165) is 18.4 Å². The third-order valence-corrected chi connectivity index (χ3v) is 3.10. The van der Waals surface area contributed by atoms with Crippen LogP contribution < -0.4 is 11.1 Å². The number of nitrogens with one attached hydrogen (secondary N) is 1. The molecule has 1 saturated carbocycles. The molecule has 0 unspecified atom stereocenters. The van der Waals surface area contributed by atoms with E-state index in [0.29, 0.717) is 12.1 Å². The number of benzene rings is 1. The maximum absolute atomic E-state index is 13.4. The molecule has 1 aliphatic carbocycles. The molecule has 18 heavy (non-hydrogen) atoms. The molecule has 0 aliphatic heterocycles. The molecule has 0 bridgehead atoms. The summed E-state index contributed by atoms with van der Waals surface area (Å²) >= 11 is 0. The molecule has 98 valence electrons. The third kappa shape index (κ3) is 2.86. The second-order valence-corrected chi connectivity index (χ2v) is 4.70. The number of ether oxygens (including phenoxy) is 1. The van der Waals surface area contributed by atoms with E-state index in [1.165, 1.54) is 13.2 Å². The first kappa shape index (κ1) is 13.0. The van der Waals surface area contributed by atoms with E-state index in [4.69, 9.17) is 10.5 Å². The lowest BCUT2D eigenvalue weighted by atomic mass is 10.1. The van der Waals surface area contributed by atoms with Crippen molar-refractivity contribution in [2.75, 3.05) is 7.11 Å². The van der Waals surface area contributed by atoms with Crippen molar-refractivity contribution in [1.82, 2.24) is 5.32 Å². The van der Waals surface area contributed by atoms with E-state index in [2.05, 4.69) is 5.32 Å². The molecular formula is C13H17FN2O2. The number of halogens is 1. The molecule has 1 aromatic rings. The van der Waals surface area contributed by atoms with Crippen molar-refractivity contribution in [1.29, 1.82) is 0 Å². The van der Waals surface area contributed by atoms with Gasteiger partial charge in [0, 0.05) is 19.2 Å². The summed E-state index contributed by atoms with van der Waals surface area (Å²) in [5.74, 6) is -0.440. The van der Waals surface area contributed by atoms with E-state index in [9.17, 15) is 9.18 Å². The summed E-state index contributed by atoms with van der Waals surface area (Å²) in [5, 5.41) is 2.76. The highest BCUT2D eigenvalue weighted by atomic mass is 19.1. The Kier molecular flexibility index (Phi) is 3.63. The topological polar surface area (TPSA) is 64.3 Å². The Labute approximate surface area is 105 Å². The van der Waals surface area contributed by atoms with Crippen molar-refractivity contribution in [2.24, 2.45) is 5.73 Å². The summed E-state index contributed by atoms with van der Waals surface area (Å²) in [6, 6.07) is 4.71. The van der Waals surface area contributed by atoms with Crippen molar-refractivity contribution in [2.45, 2.75) is 31.5 Å². The van der Waals surface area contributed by atoms with Crippen LogP contribution in [-0.2, 0) is 22.7 Å². The first-order valence-electron chi connectivity index (χ1n) is 5.88. The van der Waals surface area contributed by atoms with Crippen molar-refractivity contribution in [3.05, 3.63) is 35.1 Å². The van der Waals surface area contributed by atoms with Gasteiger partial charge < -0.3 is 15.8 Å². The van der Waals surface area contributed by atoms with Crippen LogP contribution in [0.2, 0.25) is 0 Å². The first-order chi connectivity index (χ1) is 8.55. The molecule has 5 heteroatoms. The summed E-state index contributed by atoms with van der Waals surface area (Å²) in [6.07, 6.45) is 1.47. The van der Waals surface area contributed by atoms with Crippen molar-refractivity contribution >= 4 is 5.91 Å². The van der Waals surface area contributed by atoms with Gasteiger partial charge in [-0.2, -0.15) is 0 Å². The van der Waals surface area contributed by atoms with Crippen molar-refractivity contribution < 1.29 is 13.9 Å². The fraction of sp³-hybridized carbons (Fsp3) is 0.462. The monoisotopic (exact) mass is 252 g/mol. The van der Waals surface area contributed by atoms with Crippen LogP contribution >= 0.6 is 0 Å². The number of carbonyl (C=O) groups excluding carboxylic acids is 1. The zero-order chi connectivity index (χ0) is 13.2. The van der Waals surface area contributed by atoms with Gasteiger partial charge in [0.2, 0.25) is 5.91 Å². The zero-order valence-corrected chi connectivity index (χ0v) is 10.3. The second-order valence-electron chi connectivity index (χ2n) is 4.70. The Morgan fingerprint density at radius 3 is 2.89 bits per heavy atom. The lowest BCUT2D eigenvalue weighted by molar-refractivity contribution is -0.123. The molecular weight excluding hydrogens is 235 g/mol. The number of amides is 1. The molecule has 2 rings (SSSR count). The van der Waals surface area contributed by atoms with Gasteiger partial charge in [-0.1, -0.05) is 6.07 Å². The molecule has 1 aliphatic rings. The molecule has 0 heterocycles. The Morgan fingerprint density at radius 2 is 2.28 bits per heavy atom. The highest BCUT2D eigenvalue weighted by Gasteiger charge is 2.45. The predicted molar refractivity (Wildman–Crippen MR) is 65.1 cm³/mol. The highest BCUT2D eigenvalue weighted by Crippen LogP contribution is 2.32. The predicted octanol–water partition coefficient (Wildman–Crippen LogP) is 1.08. The minimum atomic E-state index is -0.671. The average Bonchev–Trinajstić information content (AvgIpc) is 3.09. The lowest BCUT2D eigenvalue weighted by Gasteiger charge is -2.11. The van der Waals surface area contributed by atoms with E-state index in [1.54, 1.807) is 12.1 Å². The average molecular weight is 252 g/mol. The largest absolute Gasteiger partial charge is 0.380 e. The SMILES string of the molecule is COCc1cc(CNC(=O)C2(N)CC2)ccc1F. The van der Waals surface area contributed by atoms with Crippen LogP contribution in [0, 0.1) is 5.82 Å². The minimum Gasteiger partial charge on any atom is -0.380 e. The number of hydrogen-bond acceptors (Lipinski definition) is 3. The van der Waals surface area contributed by atoms with Crippen LogP contribution in [0.25, 0.3) is 0 Å². The van der Waals surface area contributed by atoms with Gasteiger partial charge >= 0.3 is 0 Å². The molecule has 1 aromatic carbocycles. The van der Waals surface area contributed by atoms with Gasteiger partial charge in [0.15, 0.2) is 0 Å². The van der Waals surface area contributed by atoms with Gasteiger partial charge in [-0.05, 0) is 30.5 Å². The normalized spacial score (nSPS) is 16.4. The summed E-state index contributed by atoms with van der Waals surface area (Å²) in [5.41, 5.74) is 6.41. The lowest BCUT2D eigenvalue weighted by Crippen LogP contribution is -2.42. The Hall–Kier alpha value is -1.46. The molecule has 0 aromatic heterocycles. The van der Waals surface area contributed by atoms with Gasteiger partial charge in [-0.3, -0.25) is 4.79 Å². The summed E-state index contributed by atoms with van der Waals surface area (Å²) in [6.45, 7) is 0.573. The van der Waals surface area contributed by atoms with Crippen LogP contribution in [0.15, 0.2) is 18.2 Å². The molecule has 3 N–H and O–H groups in total. The molecule has 4 nitrogen and oxygen atoms in total. The number of methoxy groups -OCH3 is 1.